The summed E-state index contributed by atoms with van der Waals surface area (Å²) in [5.41, 5.74) is 15.5. The largest absolute Gasteiger partial charge is 0.351 e. The van der Waals surface area contributed by atoms with E-state index in [0.717, 1.165) is 22.9 Å². The number of aromatic nitrogens is 1. The molecule has 5 heteroatoms. The number of hydrogen-bond acceptors (Lipinski definition) is 3. The van der Waals surface area contributed by atoms with Gasteiger partial charge >= 0.3 is 0 Å². The fourth-order valence-electron chi connectivity index (χ4n) is 3.31. The maximum Gasteiger partial charge on any atom is 0.267 e. The van der Waals surface area contributed by atoms with Crippen LogP contribution in [0.5, 0.6) is 0 Å². The lowest BCUT2D eigenvalue weighted by Crippen LogP contribution is -2.33. The number of carbonyl (C=O) groups excluding carboxylic acids is 1. The Morgan fingerprint density at radius 2 is 1.88 bits per heavy atom. The molecule has 0 radical (unpaired) electrons. The second-order valence-corrected chi connectivity index (χ2v) is 7.63. The third-order valence-corrected chi connectivity index (χ3v) is 4.62. The molecule has 1 atom stereocenters. The molecule has 1 aromatic heterocycles. The van der Waals surface area contributed by atoms with Gasteiger partial charge in [0.2, 0.25) is 0 Å². The van der Waals surface area contributed by atoms with E-state index in [4.69, 9.17) is 11.5 Å². The summed E-state index contributed by atoms with van der Waals surface area (Å²) in [6.07, 6.45) is 1.01. The van der Waals surface area contributed by atoms with Crippen molar-refractivity contribution in [1.29, 1.82) is 0 Å². The number of benzene rings is 1. The monoisotopic (exact) mass is 344 g/mol. The number of aromatic amines is 1. The van der Waals surface area contributed by atoms with Crippen LogP contribution in [-0.4, -0.2) is 24.0 Å². The van der Waals surface area contributed by atoms with Crippen molar-refractivity contribution >= 4 is 16.8 Å². The predicted molar refractivity (Wildman–Crippen MR) is 105 cm³/mol. The number of carbonyl (C=O) groups is 1. The molecule has 0 fully saturated rings. The van der Waals surface area contributed by atoms with E-state index in [2.05, 4.69) is 44.1 Å². The molecule has 2 rings (SSSR count). The highest BCUT2D eigenvalue weighted by Crippen LogP contribution is 2.28. The van der Waals surface area contributed by atoms with Crippen molar-refractivity contribution in [1.82, 2.24) is 10.3 Å². The summed E-state index contributed by atoms with van der Waals surface area (Å²) >= 11 is 0. The minimum atomic E-state index is -0.0811. The molecule has 0 aliphatic carbocycles. The summed E-state index contributed by atoms with van der Waals surface area (Å²) in [6, 6.07) is 6.11. The number of amides is 1. The molecule has 0 saturated carbocycles. The van der Waals surface area contributed by atoms with Crippen LogP contribution in [0.25, 0.3) is 10.9 Å². The number of nitrogens with one attached hydrogen (secondary N) is 2. The van der Waals surface area contributed by atoms with E-state index in [9.17, 15) is 4.79 Å². The van der Waals surface area contributed by atoms with Crippen molar-refractivity contribution in [2.75, 3.05) is 13.1 Å². The van der Waals surface area contributed by atoms with E-state index in [-0.39, 0.29) is 5.91 Å². The number of rotatable bonds is 8. The van der Waals surface area contributed by atoms with E-state index in [1.165, 1.54) is 5.56 Å². The van der Waals surface area contributed by atoms with Crippen LogP contribution >= 0.6 is 0 Å². The lowest BCUT2D eigenvalue weighted by Gasteiger charge is -2.17. The summed E-state index contributed by atoms with van der Waals surface area (Å²) in [5, 5.41) is 4.11. The average molecular weight is 345 g/mol. The van der Waals surface area contributed by atoms with Gasteiger partial charge in [0.05, 0.1) is 0 Å². The van der Waals surface area contributed by atoms with Crippen LogP contribution in [0.15, 0.2) is 18.2 Å². The molecule has 138 valence electrons. The van der Waals surface area contributed by atoms with Crippen LogP contribution in [0.3, 0.4) is 0 Å². The summed E-state index contributed by atoms with van der Waals surface area (Å²) < 4.78 is 0. The second-order valence-electron chi connectivity index (χ2n) is 7.63. The Balaban J connectivity index is 2.20. The third-order valence-electron chi connectivity index (χ3n) is 4.62. The van der Waals surface area contributed by atoms with Gasteiger partial charge < -0.3 is 21.8 Å². The van der Waals surface area contributed by atoms with Crippen LogP contribution in [-0.2, 0) is 6.54 Å². The first kappa shape index (κ1) is 19.5. The molecule has 0 aliphatic rings. The van der Waals surface area contributed by atoms with Crippen molar-refractivity contribution in [2.45, 2.75) is 46.6 Å². The Hall–Kier alpha value is -1.85. The molecule has 0 saturated heterocycles. The fourth-order valence-corrected chi connectivity index (χ4v) is 3.31. The van der Waals surface area contributed by atoms with Crippen molar-refractivity contribution in [2.24, 2.45) is 23.3 Å². The van der Waals surface area contributed by atoms with Crippen LogP contribution in [0.4, 0.5) is 0 Å². The van der Waals surface area contributed by atoms with Gasteiger partial charge in [-0.15, -0.1) is 0 Å². The van der Waals surface area contributed by atoms with E-state index in [1.807, 2.05) is 12.1 Å². The highest BCUT2D eigenvalue weighted by molar-refractivity contribution is 5.99. The molecule has 2 aromatic rings. The Morgan fingerprint density at radius 3 is 2.44 bits per heavy atom. The fraction of sp³-hybridized carbons (Fsp3) is 0.550. The van der Waals surface area contributed by atoms with Crippen LogP contribution in [0, 0.1) is 11.8 Å². The number of hydrogen-bond donors (Lipinski definition) is 4. The van der Waals surface area contributed by atoms with Gasteiger partial charge in [0.1, 0.15) is 5.69 Å². The van der Waals surface area contributed by atoms with E-state index in [0.29, 0.717) is 43.1 Å². The summed E-state index contributed by atoms with van der Waals surface area (Å²) in [5.74, 6) is 1.17. The topological polar surface area (TPSA) is 96.9 Å². The number of H-pyrrole nitrogens is 1. The van der Waals surface area contributed by atoms with Gasteiger partial charge in [-0.2, -0.15) is 0 Å². The van der Waals surface area contributed by atoms with Gasteiger partial charge in [-0.05, 0) is 54.0 Å². The minimum Gasteiger partial charge on any atom is -0.351 e. The zero-order valence-corrected chi connectivity index (χ0v) is 15.9. The quantitative estimate of drug-likeness (QED) is 0.592. The highest BCUT2D eigenvalue weighted by Gasteiger charge is 2.16. The highest BCUT2D eigenvalue weighted by atomic mass is 16.1. The van der Waals surface area contributed by atoms with E-state index >= 15 is 0 Å². The standard InChI is InChI=1S/C20H32N4O/c1-12(2)5-15(10-22)11-23-20(25)19-8-17-16(13(3)4)6-14(9-21)7-18(17)24-19/h6-8,12-13,15,24H,5,9-11,21-22H2,1-4H3,(H,23,25). The molecule has 1 aromatic carbocycles. The maximum absolute atomic E-state index is 12.5. The molecule has 6 N–H and O–H groups in total. The number of nitrogens with two attached hydrogens (primary N) is 2. The summed E-state index contributed by atoms with van der Waals surface area (Å²) in [4.78, 5) is 15.8. The van der Waals surface area contributed by atoms with E-state index < -0.39 is 0 Å². The lowest BCUT2D eigenvalue weighted by molar-refractivity contribution is 0.0941. The van der Waals surface area contributed by atoms with Gasteiger partial charge in [-0.25, -0.2) is 0 Å². The van der Waals surface area contributed by atoms with Crippen molar-refractivity contribution in [3.8, 4) is 0 Å². The van der Waals surface area contributed by atoms with Gasteiger partial charge in [0, 0.05) is 24.0 Å². The molecule has 0 spiro atoms. The molecule has 25 heavy (non-hydrogen) atoms. The SMILES string of the molecule is CC(C)CC(CN)CNC(=O)c1cc2c(C(C)C)cc(CN)cc2[nH]1. The first-order valence-corrected chi connectivity index (χ1v) is 9.19. The zero-order chi connectivity index (χ0) is 18.6. The smallest absolute Gasteiger partial charge is 0.267 e. The van der Waals surface area contributed by atoms with Crippen molar-refractivity contribution in [3.63, 3.8) is 0 Å². The first-order chi connectivity index (χ1) is 11.8. The molecular formula is C20H32N4O. The molecular weight excluding hydrogens is 312 g/mol. The summed E-state index contributed by atoms with van der Waals surface area (Å²) in [6.45, 7) is 10.3. The predicted octanol–water partition coefficient (Wildman–Crippen LogP) is 3.10. The molecule has 5 nitrogen and oxygen atoms in total. The third kappa shape index (κ3) is 4.83. The Morgan fingerprint density at radius 1 is 1.16 bits per heavy atom. The van der Waals surface area contributed by atoms with Gasteiger partial charge in [-0.1, -0.05) is 33.8 Å². The number of fused-ring (bicyclic) bond motifs is 1. The van der Waals surface area contributed by atoms with Crippen LogP contribution in [0.1, 0.15) is 61.6 Å². The van der Waals surface area contributed by atoms with Crippen LogP contribution in [0.2, 0.25) is 0 Å². The Labute approximate surface area is 150 Å². The van der Waals surface area contributed by atoms with Gasteiger partial charge in [-0.3, -0.25) is 4.79 Å². The summed E-state index contributed by atoms with van der Waals surface area (Å²) in [7, 11) is 0. The first-order valence-electron chi connectivity index (χ1n) is 9.19. The lowest BCUT2D eigenvalue weighted by atomic mass is 9.96. The van der Waals surface area contributed by atoms with Crippen molar-refractivity contribution in [3.05, 3.63) is 35.0 Å². The average Bonchev–Trinajstić information content (AvgIpc) is 3.00. The minimum absolute atomic E-state index is 0.0811. The molecule has 1 unspecified atom stereocenters. The molecule has 1 amide bonds. The van der Waals surface area contributed by atoms with E-state index in [1.54, 1.807) is 0 Å². The molecule has 0 bridgehead atoms. The second kappa shape index (κ2) is 8.50. The normalized spacial score (nSPS) is 13.0. The molecule has 1 heterocycles. The maximum atomic E-state index is 12.5. The van der Waals surface area contributed by atoms with Crippen molar-refractivity contribution < 1.29 is 4.79 Å². The molecule has 0 aliphatic heterocycles. The van der Waals surface area contributed by atoms with Crippen LogP contribution < -0.4 is 16.8 Å². The van der Waals surface area contributed by atoms with Gasteiger partial charge in [0.15, 0.2) is 0 Å². The van der Waals surface area contributed by atoms with Gasteiger partial charge in [0.25, 0.3) is 5.91 Å². The zero-order valence-electron chi connectivity index (χ0n) is 15.9. The Kier molecular flexibility index (Phi) is 6.62. The Bertz CT molecular complexity index is 718.